The summed E-state index contributed by atoms with van der Waals surface area (Å²) in [4.78, 5) is 12.3. The molecule has 2 rings (SSSR count). The number of amides is 1. The Labute approximate surface area is 173 Å². The zero-order valence-electron chi connectivity index (χ0n) is 15.4. The Hall–Kier alpha value is -3.22. The zero-order valence-corrected chi connectivity index (χ0v) is 17.0. The third-order valence-corrected chi connectivity index (χ3v) is 4.36. The third-order valence-electron chi connectivity index (χ3n) is 3.77. The number of halogens is 1. The summed E-state index contributed by atoms with van der Waals surface area (Å²) in [5.41, 5.74) is 1.73. The van der Waals surface area contributed by atoms with Crippen molar-refractivity contribution >= 4 is 27.9 Å². The van der Waals surface area contributed by atoms with Crippen LogP contribution in [0, 0.1) is 23.7 Å². The van der Waals surface area contributed by atoms with E-state index >= 15 is 0 Å². The molecule has 2 aromatic rings. The average molecular weight is 439 g/mol. The van der Waals surface area contributed by atoms with Gasteiger partial charge in [0.1, 0.15) is 18.2 Å². The molecule has 0 unspecified atom stereocenters. The molecule has 0 radical (unpaired) electrons. The SMILES string of the molecule is C#CCOc1c(Br)cc(/C=C(\C#N)C(=O)NCCc2ccccc2)cc1OC. The largest absolute Gasteiger partial charge is 0.493 e. The van der Waals surface area contributed by atoms with Gasteiger partial charge in [0.15, 0.2) is 11.5 Å². The first kappa shape index (κ1) is 21.1. The molecule has 5 nitrogen and oxygen atoms in total. The number of methoxy groups -OCH3 is 1. The van der Waals surface area contributed by atoms with Gasteiger partial charge in [-0.15, -0.1) is 6.42 Å². The Morgan fingerprint density at radius 2 is 2.07 bits per heavy atom. The van der Waals surface area contributed by atoms with E-state index in [2.05, 4.69) is 27.2 Å². The maximum absolute atomic E-state index is 12.3. The number of carbonyl (C=O) groups is 1. The molecule has 0 heterocycles. The normalized spacial score (nSPS) is 10.5. The molecule has 0 spiro atoms. The number of hydrogen-bond acceptors (Lipinski definition) is 4. The topological polar surface area (TPSA) is 71.3 Å². The van der Waals surface area contributed by atoms with Crippen LogP contribution >= 0.6 is 15.9 Å². The molecule has 0 aliphatic rings. The lowest BCUT2D eigenvalue weighted by Gasteiger charge is -2.12. The van der Waals surface area contributed by atoms with Crippen LogP contribution in [0.3, 0.4) is 0 Å². The van der Waals surface area contributed by atoms with E-state index in [0.717, 1.165) is 5.56 Å². The number of nitriles is 1. The lowest BCUT2D eigenvalue weighted by atomic mass is 10.1. The van der Waals surface area contributed by atoms with E-state index in [1.165, 1.54) is 13.2 Å². The van der Waals surface area contributed by atoms with E-state index < -0.39 is 5.91 Å². The molecule has 0 fully saturated rings. The second-order valence-electron chi connectivity index (χ2n) is 5.69. The maximum Gasteiger partial charge on any atom is 0.261 e. The van der Waals surface area contributed by atoms with Crippen molar-refractivity contribution in [2.75, 3.05) is 20.3 Å². The highest BCUT2D eigenvalue weighted by Gasteiger charge is 2.13. The molecule has 0 aliphatic heterocycles. The molecule has 6 heteroatoms. The van der Waals surface area contributed by atoms with E-state index in [1.807, 2.05) is 36.4 Å². The molecule has 0 atom stereocenters. The van der Waals surface area contributed by atoms with Crippen LogP contribution in [0.2, 0.25) is 0 Å². The molecule has 0 saturated carbocycles. The van der Waals surface area contributed by atoms with Gasteiger partial charge in [-0.2, -0.15) is 5.26 Å². The molecule has 1 amide bonds. The van der Waals surface area contributed by atoms with Crippen molar-refractivity contribution < 1.29 is 14.3 Å². The van der Waals surface area contributed by atoms with Crippen molar-refractivity contribution in [1.29, 1.82) is 5.26 Å². The molecule has 142 valence electrons. The van der Waals surface area contributed by atoms with Gasteiger partial charge >= 0.3 is 0 Å². The molecule has 0 aliphatic carbocycles. The van der Waals surface area contributed by atoms with Crippen molar-refractivity contribution in [2.24, 2.45) is 0 Å². The van der Waals surface area contributed by atoms with Gasteiger partial charge < -0.3 is 14.8 Å². The lowest BCUT2D eigenvalue weighted by molar-refractivity contribution is -0.117. The average Bonchev–Trinajstić information content (AvgIpc) is 2.71. The number of terminal acetylenes is 1. The summed E-state index contributed by atoms with van der Waals surface area (Å²) in [5.74, 6) is 2.86. The molecule has 0 bridgehead atoms. The van der Waals surface area contributed by atoms with Gasteiger partial charge in [-0.05, 0) is 51.7 Å². The Morgan fingerprint density at radius 1 is 1.32 bits per heavy atom. The fourth-order valence-electron chi connectivity index (χ4n) is 2.45. The quantitative estimate of drug-likeness (QED) is 0.387. The number of nitrogens with one attached hydrogen (secondary N) is 1. The summed E-state index contributed by atoms with van der Waals surface area (Å²) in [5, 5.41) is 12.1. The molecular formula is C22H19BrN2O3. The predicted molar refractivity (Wildman–Crippen MR) is 112 cm³/mol. The standard InChI is InChI=1S/C22H19BrN2O3/c1-3-11-28-21-19(23)13-17(14-20(21)27-2)12-18(15-24)22(26)25-10-9-16-7-5-4-6-8-16/h1,4-8,12-14H,9-11H2,2H3,(H,25,26)/b18-12+. The summed E-state index contributed by atoms with van der Waals surface area (Å²) >= 11 is 3.40. The highest BCUT2D eigenvalue weighted by Crippen LogP contribution is 2.37. The van der Waals surface area contributed by atoms with Gasteiger partial charge in [-0.1, -0.05) is 36.3 Å². The van der Waals surface area contributed by atoms with E-state index in [9.17, 15) is 10.1 Å². The first-order valence-electron chi connectivity index (χ1n) is 8.46. The molecule has 0 aromatic heterocycles. The monoisotopic (exact) mass is 438 g/mol. The van der Waals surface area contributed by atoms with Gasteiger partial charge in [-0.25, -0.2) is 0 Å². The second-order valence-corrected chi connectivity index (χ2v) is 6.54. The summed E-state index contributed by atoms with van der Waals surface area (Å²) in [6.45, 7) is 0.533. The Kier molecular flexibility index (Phi) is 8.14. The highest BCUT2D eigenvalue weighted by atomic mass is 79.9. The van der Waals surface area contributed by atoms with Gasteiger partial charge in [0.25, 0.3) is 5.91 Å². The number of nitrogens with zero attached hydrogens (tertiary/aromatic N) is 1. The second kappa shape index (κ2) is 10.8. The maximum atomic E-state index is 12.3. The van der Waals surface area contributed by atoms with Crippen molar-refractivity contribution in [3.8, 4) is 29.9 Å². The Balaban J connectivity index is 2.12. The van der Waals surface area contributed by atoms with Crippen LogP contribution in [0.1, 0.15) is 11.1 Å². The molecule has 28 heavy (non-hydrogen) atoms. The Morgan fingerprint density at radius 3 is 2.71 bits per heavy atom. The predicted octanol–water partition coefficient (Wildman–Crippen LogP) is 3.74. The third kappa shape index (κ3) is 5.90. The minimum atomic E-state index is -0.429. The zero-order chi connectivity index (χ0) is 20.4. The fraction of sp³-hybridized carbons (Fsp3) is 0.182. The van der Waals surface area contributed by atoms with E-state index in [4.69, 9.17) is 15.9 Å². The van der Waals surface area contributed by atoms with Gasteiger partial charge in [0.05, 0.1) is 11.6 Å². The smallest absolute Gasteiger partial charge is 0.261 e. The summed E-state index contributed by atoms with van der Waals surface area (Å²) in [7, 11) is 1.50. The van der Waals surface area contributed by atoms with E-state index in [-0.39, 0.29) is 12.2 Å². The van der Waals surface area contributed by atoms with E-state index in [1.54, 1.807) is 12.1 Å². The summed E-state index contributed by atoms with van der Waals surface area (Å²) in [6, 6.07) is 15.1. The summed E-state index contributed by atoms with van der Waals surface area (Å²) in [6.07, 6.45) is 7.40. The van der Waals surface area contributed by atoms with Gasteiger partial charge in [0.2, 0.25) is 0 Å². The number of benzene rings is 2. The molecular weight excluding hydrogens is 420 g/mol. The summed E-state index contributed by atoms with van der Waals surface area (Å²) < 4.78 is 11.4. The Bertz CT molecular complexity index is 941. The van der Waals surface area contributed by atoms with Crippen LogP contribution < -0.4 is 14.8 Å². The van der Waals surface area contributed by atoms with Crippen molar-refractivity contribution in [1.82, 2.24) is 5.32 Å². The van der Waals surface area contributed by atoms with Crippen LogP contribution in [0.25, 0.3) is 6.08 Å². The number of carbonyl (C=O) groups excluding carboxylic acids is 1. The number of hydrogen-bond donors (Lipinski definition) is 1. The van der Waals surface area contributed by atoms with Crippen LogP contribution in [0.15, 0.2) is 52.5 Å². The van der Waals surface area contributed by atoms with Crippen LogP contribution in [0.5, 0.6) is 11.5 Å². The molecule has 0 saturated heterocycles. The van der Waals surface area contributed by atoms with Gasteiger partial charge in [-0.3, -0.25) is 4.79 Å². The van der Waals surface area contributed by atoms with Crippen LogP contribution in [-0.2, 0) is 11.2 Å². The highest BCUT2D eigenvalue weighted by molar-refractivity contribution is 9.10. The first-order valence-corrected chi connectivity index (χ1v) is 9.26. The van der Waals surface area contributed by atoms with Crippen LogP contribution in [0.4, 0.5) is 0 Å². The van der Waals surface area contributed by atoms with Crippen molar-refractivity contribution in [3.05, 3.63) is 63.6 Å². The van der Waals surface area contributed by atoms with E-state index in [0.29, 0.717) is 34.5 Å². The molecule has 1 N–H and O–H groups in total. The van der Waals surface area contributed by atoms with Gasteiger partial charge in [0, 0.05) is 6.54 Å². The fourth-order valence-corrected chi connectivity index (χ4v) is 3.03. The van der Waals surface area contributed by atoms with Crippen LogP contribution in [-0.4, -0.2) is 26.2 Å². The minimum absolute atomic E-state index is 0.000641. The minimum Gasteiger partial charge on any atom is -0.493 e. The van der Waals surface area contributed by atoms with Crippen molar-refractivity contribution in [2.45, 2.75) is 6.42 Å². The first-order chi connectivity index (χ1) is 13.6. The lowest BCUT2D eigenvalue weighted by Crippen LogP contribution is -2.26. The number of ether oxygens (including phenoxy) is 2. The molecule has 2 aromatic carbocycles. The van der Waals surface area contributed by atoms with Crippen molar-refractivity contribution in [3.63, 3.8) is 0 Å². The number of rotatable bonds is 8.